The zero-order valence-corrected chi connectivity index (χ0v) is 6.35. The minimum atomic E-state index is -4.42. The van der Waals surface area contributed by atoms with Crippen molar-refractivity contribution in [2.24, 2.45) is 5.73 Å². The van der Waals surface area contributed by atoms with Gasteiger partial charge in [-0.2, -0.15) is 13.2 Å². The Morgan fingerprint density at radius 2 is 2.00 bits per heavy atom. The highest BCUT2D eigenvalue weighted by Gasteiger charge is 2.34. The summed E-state index contributed by atoms with van der Waals surface area (Å²) >= 11 is 0. The average Bonchev–Trinajstić information content (AvgIpc) is 2.30. The van der Waals surface area contributed by atoms with Crippen molar-refractivity contribution in [1.29, 1.82) is 0 Å². The topological polar surface area (TPSA) is 39.2 Å². The lowest BCUT2D eigenvalue weighted by molar-refractivity contribution is -0.153. The van der Waals surface area contributed by atoms with Crippen LogP contribution in [0.2, 0.25) is 0 Å². The molecule has 0 saturated carbocycles. The van der Waals surface area contributed by atoms with Crippen LogP contribution in [0.1, 0.15) is 24.5 Å². The van der Waals surface area contributed by atoms with Crippen LogP contribution >= 0.6 is 0 Å². The van der Waals surface area contributed by atoms with Crippen LogP contribution in [0.25, 0.3) is 0 Å². The van der Waals surface area contributed by atoms with Crippen LogP contribution in [0.3, 0.4) is 0 Å². The maximum atomic E-state index is 11.9. The van der Waals surface area contributed by atoms with E-state index in [0.29, 0.717) is 0 Å². The minimum absolute atomic E-state index is 0.141. The van der Waals surface area contributed by atoms with E-state index in [-0.39, 0.29) is 5.76 Å². The third kappa shape index (κ3) is 1.79. The second kappa shape index (κ2) is 2.82. The molecule has 0 aromatic carbocycles. The van der Waals surface area contributed by atoms with Gasteiger partial charge in [0, 0.05) is 0 Å². The second-order valence-corrected chi connectivity index (χ2v) is 2.49. The molecular weight excluding hydrogens is 171 g/mol. The van der Waals surface area contributed by atoms with E-state index in [4.69, 9.17) is 5.73 Å². The lowest BCUT2D eigenvalue weighted by Crippen LogP contribution is -2.05. The van der Waals surface area contributed by atoms with Crippen molar-refractivity contribution < 1.29 is 17.6 Å². The molecule has 2 N–H and O–H groups in total. The fourth-order valence-electron chi connectivity index (χ4n) is 0.750. The first-order chi connectivity index (χ1) is 5.41. The molecule has 0 aliphatic carbocycles. The molecule has 1 aromatic heterocycles. The fraction of sp³-hybridized carbons (Fsp3) is 0.429. The van der Waals surface area contributed by atoms with Gasteiger partial charge in [0.25, 0.3) is 0 Å². The van der Waals surface area contributed by atoms with E-state index < -0.39 is 18.0 Å². The first-order valence-corrected chi connectivity index (χ1v) is 3.34. The van der Waals surface area contributed by atoms with Gasteiger partial charge in [-0.15, -0.1) is 0 Å². The Morgan fingerprint density at radius 3 is 2.25 bits per heavy atom. The van der Waals surface area contributed by atoms with Gasteiger partial charge in [0.15, 0.2) is 0 Å². The zero-order valence-electron chi connectivity index (χ0n) is 6.35. The van der Waals surface area contributed by atoms with Gasteiger partial charge in [0.1, 0.15) is 5.76 Å². The maximum Gasteiger partial charge on any atom is 0.449 e. The van der Waals surface area contributed by atoms with E-state index in [1.165, 1.54) is 6.07 Å². The van der Waals surface area contributed by atoms with Gasteiger partial charge in [-0.05, 0) is 19.1 Å². The number of furan rings is 1. The lowest BCUT2D eigenvalue weighted by atomic mass is 10.3. The number of alkyl halides is 3. The van der Waals surface area contributed by atoms with E-state index >= 15 is 0 Å². The third-order valence-corrected chi connectivity index (χ3v) is 1.35. The van der Waals surface area contributed by atoms with E-state index in [1.54, 1.807) is 6.92 Å². The smallest absolute Gasteiger partial charge is 0.449 e. The van der Waals surface area contributed by atoms with Crippen LogP contribution in [0.4, 0.5) is 13.2 Å². The van der Waals surface area contributed by atoms with Crippen molar-refractivity contribution in [3.05, 3.63) is 23.7 Å². The third-order valence-electron chi connectivity index (χ3n) is 1.35. The number of nitrogens with two attached hydrogens (primary N) is 1. The van der Waals surface area contributed by atoms with Gasteiger partial charge in [-0.25, -0.2) is 0 Å². The summed E-state index contributed by atoms with van der Waals surface area (Å²) in [6, 6.07) is 1.59. The molecule has 1 unspecified atom stereocenters. The minimum Gasteiger partial charge on any atom is -0.455 e. The van der Waals surface area contributed by atoms with E-state index in [9.17, 15) is 13.2 Å². The van der Waals surface area contributed by atoms with Crippen LogP contribution in [0, 0.1) is 0 Å². The fourth-order valence-corrected chi connectivity index (χ4v) is 0.750. The number of halogens is 3. The Labute approximate surface area is 67.2 Å². The molecule has 0 saturated heterocycles. The molecular formula is C7H8F3NO. The molecule has 0 bridgehead atoms. The van der Waals surface area contributed by atoms with Crippen molar-refractivity contribution >= 4 is 0 Å². The Kier molecular flexibility index (Phi) is 2.14. The lowest BCUT2D eigenvalue weighted by Gasteiger charge is -2.02. The van der Waals surface area contributed by atoms with Crippen molar-refractivity contribution in [3.63, 3.8) is 0 Å². The van der Waals surface area contributed by atoms with Crippen molar-refractivity contribution in [2.45, 2.75) is 19.1 Å². The van der Waals surface area contributed by atoms with Gasteiger partial charge in [-0.1, -0.05) is 0 Å². The molecule has 68 valence electrons. The standard InChI is InChI=1S/C7H8F3NO/c1-4(11)5-2-3-6(12-5)7(8,9)10/h2-4H,11H2,1H3. The molecule has 0 radical (unpaired) electrons. The molecule has 1 rings (SSSR count). The number of rotatable bonds is 1. The Balaban J connectivity index is 2.92. The average molecular weight is 179 g/mol. The number of hydrogen-bond acceptors (Lipinski definition) is 2. The summed E-state index contributed by atoms with van der Waals surface area (Å²) in [6.45, 7) is 1.55. The van der Waals surface area contributed by atoms with Crippen molar-refractivity contribution in [2.75, 3.05) is 0 Å². The molecule has 0 spiro atoms. The van der Waals surface area contributed by atoms with Gasteiger partial charge in [0.2, 0.25) is 5.76 Å². The molecule has 0 amide bonds. The van der Waals surface area contributed by atoms with E-state index in [0.717, 1.165) is 6.07 Å². The van der Waals surface area contributed by atoms with Crippen molar-refractivity contribution in [3.8, 4) is 0 Å². The molecule has 1 atom stereocenters. The quantitative estimate of drug-likeness (QED) is 0.718. The largest absolute Gasteiger partial charge is 0.455 e. The maximum absolute atomic E-state index is 11.9. The summed E-state index contributed by atoms with van der Waals surface area (Å²) in [5.74, 6) is -0.864. The SMILES string of the molecule is CC(N)c1ccc(C(F)(F)F)o1. The zero-order chi connectivity index (χ0) is 9.35. The van der Waals surface area contributed by atoms with Gasteiger partial charge >= 0.3 is 6.18 Å². The Bertz CT molecular complexity index is 264. The monoisotopic (exact) mass is 179 g/mol. The van der Waals surface area contributed by atoms with Crippen LogP contribution in [-0.4, -0.2) is 0 Å². The summed E-state index contributed by atoms with van der Waals surface area (Å²) in [6.07, 6.45) is -4.42. The van der Waals surface area contributed by atoms with Gasteiger partial charge in [0.05, 0.1) is 6.04 Å². The molecule has 5 heteroatoms. The van der Waals surface area contributed by atoms with Crippen molar-refractivity contribution in [1.82, 2.24) is 0 Å². The molecule has 1 heterocycles. The predicted molar refractivity (Wildman–Crippen MR) is 36.3 cm³/mol. The highest BCUT2D eigenvalue weighted by Crippen LogP contribution is 2.31. The normalized spacial score (nSPS) is 14.8. The highest BCUT2D eigenvalue weighted by molar-refractivity contribution is 5.11. The number of hydrogen-bond donors (Lipinski definition) is 1. The summed E-state index contributed by atoms with van der Waals surface area (Å²) in [4.78, 5) is 0. The van der Waals surface area contributed by atoms with Crippen LogP contribution in [0.15, 0.2) is 16.5 Å². The highest BCUT2D eigenvalue weighted by atomic mass is 19.4. The predicted octanol–water partition coefficient (Wildman–Crippen LogP) is 2.32. The summed E-state index contributed by atoms with van der Waals surface area (Å²) in [5, 5.41) is 0. The summed E-state index contributed by atoms with van der Waals surface area (Å²) < 4.78 is 40.2. The Hall–Kier alpha value is -0.970. The van der Waals surface area contributed by atoms with Gasteiger partial charge in [-0.3, -0.25) is 0 Å². The van der Waals surface area contributed by atoms with E-state index in [2.05, 4.69) is 4.42 Å². The first-order valence-electron chi connectivity index (χ1n) is 3.34. The van der Waals surface area contributed by atoms with Crippen LogP contribution in [0.5, 0.6) is 0 Å². The van der Waals surface area contributed by atoms with Crippen LogP contribution < -0.4 is 5.73 Å². The van der Waals surface area contributed by atoms with Gasteiger partial charge < -0.3 is 10.2 Å². The summed E-state index contributed by atoms with van der Waals surface area (Å²) in [7, 11) is 0. The molecule has 0 fully saturated rings. The first kappa shape index (κ1) is 9.12. The molecule has 12 heavy (non-hydrogen) atoms. The van der Waals surface area contributed by atoms with E-state index in [1.807, 2.05) is 0 Å². The molecule has 0 aliphatic heterocycles. The molecule has 1 aromatic rings. The Morgan fingerprint density at radius 1 is 1.42 bits per heavy atom. The summed E-state index contributed by atoms with van der Waals surface area (Å²) in [5.41, 5.74) is 5.31. The van der Waals surface area contributed by atoms with Crippen LogP contribution in [-0.2, 0) is 6.18 Å². The molecule has 0 aliphatic rings. The second-order valence-electron chi connectivity index (χ2n) is 2.49. The molecule has 2 nitrogen and oxygen atoms in total.